The van der Waals surface area contributed by atoms with Crippen molar-refractivity contribution >= 4 is 29.1 Å². The first-order valence-corrected chi connectivity index (χ1v) is 10.5. The molecule has 1 aromatic carbocycles. The maximum Gasteiger partial charge on any atom is 0.327 e. The van der Waals surface area contributed by atoms with Crippen molar-refractivity contribution < 1.29 is 14.3 Å². The summed E-state index contributed by atoms with van der Waals surface area (Å²) in [6.07, 6.45) is 1.58. The van der Waals surface area contributed by atoms with Gasteiger partial charge in [0.25, 0.3) is 5.91 Å². The number of nitrogens with zero attached hydrogens (tertiary/aromatic N) is 5. The highest BCUT2D eigenvalue weighted by Crippen LogP contribution is 2.26. The van der Waals surface area contributed by atoms with Gasteiger partial charge in [0.1, 0.15) is 11.6 Å². The van der Waals surface area contributed by atoms with Gasteiger partial charge in [0.2, 0.25) is 0 Å². The molecule has 2 aromatic heterocycles. The molecule has 1 saturated heterocycles. The Kier molecular flexibility index (Phi) is 5.93. The molecular formula is C22H24ClN5O3. The number of fused-ring (bicyclic) bond motifs is 1. The number of hydrogen-bond donors (Lipinski definition) is 0. The van der Waals surface area contributed by atoms with Gasteiger partial charge in [0, 0.05) is 42.6 Å². The average Bonchev–Trinajstić information content (AvgIpc) is 3.19. The number of rotatable bonds is 4. The predicted octanol–water partition coefficient (Wildman–Crippen LogP) is 2.67. The van der Waals surface area contributed by atoms with Gasteiger partial charge in [-0.2, -0.15) is 5.10 Å². The summed E-state index contributed by atoms with van der Waals surface area (Å²) in [6.45, 7) is 5.89. The molecule has 0 spiro atoms. The van der Waals surface area contributed by atoms with Crippen LogP contribution in [0.3, 0.4) is 0 Å². The van der Waals surface area contributed by atoms with E-state index in [4.69, 9.17) is 16.3 Å². The summed E-state index contributed by atoms with van der Waals surface area (Å²) in [5.41, 5.74) is 3.64. The van der Waals surface area contributed by atoms with Gasteiger partial charge in [-0.1, -0.05) is 23.7 Å². The molecule has 0 saturated carbocycles. The molecule has 1 aliphatic heterocycles. The lowest BCUT2D eigenvalue weighted by Gasteiger charge is -2.38. The second-order valence-electron chi connectivity index (χ2n) is 7.64. The second kappa shape index (κ2) is 8.64. The molecule has 1 fully saturated rings. The van der Waals surface area contributed by atoms with Crippen LogP contribution in [0.1, 0.15) is 33.4 Å². The first-order chi connectivity index (χ1) is 14.9. The number of ether oxygens (including phenoxy) is 1. The van der Waals surface area contributed by atoms with Gasteiger partial charge in [0.05, 0.1) is 13.3 Å². The molecule has 31 heavy (non-hydrogen) atoms. The van der Waals surface area contributed by atoms with E-state index >= 15 is 0 Å². The molecule has 8 nitrogen and oxygen atoms in total. The summed E-state index contributed by atoms with van der Waals surface area (Å²) in [5, 5.41) is 4.93. The van der Waals surface area contributed by atoms with Gasteiger partial charge in [-0.3, -0.25) is 9.69 Å². The topological polar surface area (TPSA) is 80.0 Å². The minimum atomic E-state index is -0.538. The number of methoxy groups -OCH3 is 1. The lowest BCUT2D eigenvalue weighted by atomic mass is 10.0. The Morgan fingerprint density at radius 3 is 2.42 bits per heavy atom. The van der Waals surface area contributed by atoms with Gasteiger partial charge >= 0.3 is 5.97 Å². The minimum Gasteiger partial charge on any atom is -0.468 e. The lowest BCUT2D eigenvalue weighted by Crippen LogP contribution is -2.51. The summed E-state index contributed by atoms with van der Waals surface area (Å²) < 4.78 is 6.73. The molecule has 4 rings (SSSR count). The Hall–Kier alpha value is -2.97. The molecule has 1 unspecified atom stereocenters. The van der Waals surface area contributed by atoms with E-state index in [-0.39, 0.29) is 11.9 Å². The molecule has 0 radical (unpaired) electrons. The van der Waals surface area contributed by atoms with Crippen molar-refractivity contribution in [3.05, 3.63) is 64.1 Å². The number of amides is 1. The highest BCUT2D eigenvalue weighted by molar-refractivity contribution is 6.30. The van der Waals surface area contributed by atoms with Crippen LogP contribution in [0.4, 0.5) is 0 Å². The Morgan fingerprint density at radius 1 is 1.10 bits per heavy atom. The third kappa shape index (κ3) is 4.13. The van der Waals surface area contributed by atoms with Crippen molar-refractivity contribution in [1.29, 1.82) is 0 Å². The molecule has 0 bridgehead atoms. The van der Waals surface area contributed by atoms with Crippen LogP contribution >= 0.6 is 11.6 Å². The summed E-state index contributed by atoms with van der Waals surface area (Å²) in [7, 11) is 1.38. The quantitative estimate of drug-likeness (QED) is 0.579. The highest BCUT2D eigenvalue weighted by Gasteiger charge is 2.33. The van der Waals surface area contributed by atoms with Crippen LogP contribution in [-0.2, 0) is 9.53 Å². The molecule has 3 heterocycles. The highest BCUT2D eigenvalue weighted by atomic mass is 35.5. The summed E-state index contributed by atoms with van der Waals surface area (Å²) >= 11 is 5.99. The molecule has 1 atom stereocenters. The molecular weight excluding hydrogens is 418 g/mol. The monoisotopic (exact) mass is 441 g/mol. The van der Waals surface area contributed by atoms with Crippen LogP contribution in [0.25, 0.3) is 5.65 Å². The molecule has 162 valence electrons. The van der Waals surface area contributed by atoms with Crippen LogP contribution in [0, 0.1) is 13.8 Å². The van der Waals surface area contributed by atoms with Crippen molar-refractivity contribution in [2.45, 2.75) is 19.9 Å². The first-order valence-electron chi connectivity index (χ1n) is 10.1. The lowest BCUT2D eigenvalue weighted by molar-refractivity contribution is -0.148. The van der Waals surface area contributed by atoms with Crippen LogP contribution in [0.5, 0.6) is 0 Å². The van der Waals surface area contributed by atoms with E-state index in [0.717, 1.165) is 17.0 Å². The SMILES string of the molecule is COC(=O)C(c1ccc(Cl)cc1)N1CCN(C(=O)c2cnn3c(C)cc(C)nc23)CC1. The Bertz CT molecular complexity index is 1120. The second-order valence-corrected chi connectivity index (χ2v) is 8.07. The van der Waals surface area contributed by atoms with Crippen LogP contribution in [0.15, 0.2) is 36.5 Å². The fourth-order valence-electron chi connectivity index (χ4n) is 4.03. The number of hydrogen-bond acceptors (Lipinski definition) is 6. The van der Waals surface area contributed by atoms with E-state index in [1.807, 2.05) is 36.9 Å². The number of piperazine rings is 1. The Labute approximate surface area is 185 Å². The normalized spacial score (nSPS) is 15.8. The number of aryl methyl sites for hydroxylation is 2. The zero-order valence-electron chi connectivity index (χ0n) is 17.7. The van der Waals surface area contributed by atoms with Gasteiger partial charge in [0.15, 0.2) is 5.65 Å². The molecule has 3 aromatic rings. The molecule has 0 aliphatic carbocycles. The number of halogens is 1. The van der Waals surface area contributed by atoms with Gasteiger partial charge in [-0.15, -0.1) is 0 Å². The zero-order chi connectivity index (χ0) is 22.1. The maximum absolute atomic E-state index is 13.2. The van der Waals surface area contributed by atoms with E-state index in [2.05, 4.69) is 10.1 Å². The third-order valence-corrected chi connectivity index (χ3v) is 5.84. The maximum atomic E-state index is 13.2. The van der Waals surface area contributed by atoms with Crippen molar-refractivity contribution in [1.82, 2.24) is 24.4 Å². The molecule has 1 amide bonds. The predicted molar refractivity (Wildman–Crippen MR) is 116 cm³/mol. The van der Waals surface area contributed by atoms with Crippen molar-refractivity contribution in [2.75, 3.05) is 33.3 Å². The molecule has 1 aliphatic rings. The fraction of sp³-hybridized carbons (Fsp3) is 0.364. The number of benzene rings is 1. The van der Waals surface area contributed by atoms with Gasteiger partial charge in [-0.25, -0.2) is 14.3 Å². The summed E-state index contributed by atoms with van der Waals surface area (Å²) in [6, 6.07) is 8.57. The average molecular weight is 442 g/mol. The largest absolute Gasteiger partial charge is 0.468 e. The van der Waals surface area contributed by atoms with Crippen molar-refractivity contribution in [2.24, 2.45) is 0 Å². The molecule has 9 heteroatoms. The Morgan fingerprint density at radius 2 is 1.77 bits per heavy atom. The van der Waals surface area contributed by atoms with E-state index < -0.39 is 6.04 Å². The number of esters is 1. The number of carbonyl (C=O) groups is 2. The van der Waals surface area contributed by atoms with Gasteiger partial charge in [-0.05, 0) is 37.6 Å². The van der Waals surface area contributed by atoms with E-state index in [1.54, 1.807) is 27.7 Å². The zero-order valence-corrected chi connectivity index (χ0v) is 18.5. The first kappa shape index (κ1) is 21.3. The smallest absolute Gasteiger partial charge is 0.327 e. The van der Waals surface area contributed by atoms with Crippen molar-refractivity contribution in [3.63, 3.8) is 0 Å². The number of carbonyl (C=O) groups excluding carboxylic acids is 2. The van der Waals surface area contributed by atoms with Crippen LogP contribution < -0.4 is 0 Å². The van der Waals surface area contributed by atoms with Crippen LogP contribution in [0.2, 0.25) is 5.02 Å². The summed E-state index contributed by atoms with van der Waals surface area (Å²) in [4.78, 5) is 34.0. The van der Waals surface area contributed by atoms with Crippen LogP contribution in [-0.4, -0.2) is 69.6 Å². The van der Waals surface area contributed by atoms with E-state index in [9.17, 15) is 9.59 Å². The van der Waals surface area contributed by atoms with Crippen molar-refractivity contribution in [3.8, 4) is 0 Å². The van der Waals surface area contributed by atoms with E-state index in [1.165, 1.54) is 7.11 Å². The van der Waals surface area contributed by atoms with Gasteiger partial charge < -0.3 is 9.64 Å². The third-order valence-electron chi connectivity index (χ3n) is 5.59. The number of aromatic nitrogens is 3. The minimum absolute atomic E-state index is 0.103. The fourth-order valence-corrected chi connectivity index (χ4v) is 4.15. The van der Waals surface area contributed by atoms with E-state index in [0.29, 0.717) is 42.4 Å². The molecule has 0 N–H and O–H groups in total. The Balaban J connectivity index is 1.51. The standard InChI is InChI=1S/C22H24ClN5O3/c1-14-12-15(2)28-20(25-14)18(13-24-28)21(29)27-10-8-26(9-11-27)19(22(30)31-3)16-4-6-17(23)7-5-16/h4-7,12-13,19H,8-11H2,1-3H3. The summed E-state index contributed by atoms with van der Waals surface area (Å²) in [5.74, 6) is -0.437.